The molecule has 0 aromatic heterocycles. The van der Waals surface area contributed by atoms with E-state index in [1.54, 1.807) is 0 Å². The summed E-state index contributed by atoms with van der Waals surface area (Å²) in [5, 5.41) is 0. The van der Waals surface area contributed by atoms with E-state index in [1.807, 2.05) is 62.9 Å². The van der Waals surface area contributed by atoms with Crippen molar-refractivity contribution in [2.75, 3.05) is 4.90 Å². The molecule has 16 heavy (non-hydrogen) atoms. The largest absolute Gasteiger partial charge is 0.310 e. The van der Waals surface area contributed by atoms with Gasteiger partial charge in [-0.1, -0.05) is 32.0 Å². The van der Waals surface area contributed by atoms with Gasteiger partial charge in [-0.3, -0.25) is 4.79 Å². The van der Waals surface area contributed by atoms with Crippen LogP contribution in [0.25, 0.3) is 0 Å². The molecule has 1 rings (SSSR count). The molecule has 1 amide bonds. The summed E-state index contributed by atoms with van der Waals surface area (Å²) in [5.74, 6) is 0.298. The van der Waals surface area contributed by atoms with Gasteiger partial charge in [-0.15, -0.1) is 0 Å². The summed E-state index contributed by atoms with van der Waals surface area (Å²) in [4.78, 5) is 14.1. The second-order valence-electron chi connectivity index (χ2n) is 4.45. The second-order valence-corrected chi connectivity index (χ2v) is 4.45. The highest BCUT2D eigenvalue weighted by atomic mass is 16.2. The van der Waals surface area contributed by atoms with E-state index in [1.165, 1.54) is 0 Å². The average molecular weight is 219 g/mol. The zero-order chi connectivity index (χ0) is 12.1. The third-order valence-electron chi connectivity index (χ3n) is 2.82. The molecule has 0 heterocycles. The van der Waals surface area contributed by atoms with Gasteiger partial charge in [0.25, 0.3) is 0 Å². The Morgan fingerprint density at radius 3 is 2.19 bits per heavy atom. The van der Waals surface area contributed by atoms with Crippen LogP contribution in [0.15, 0.2) is 30.3 Å². The normalized spacial score (nSPS) is 12.6. The van der Waals surface area contributed by atoms with Crippen molar-refractivity contribution >= 4 is 11.6 Å². The number of anilines is 1. The molecule has 0 N–H and O–H groups in total. The molecule has 1 atom stereocenters. The molecule has 0 aliphatic rings. The maximum atomic E-state index is 12.2. The molecule has 0 fully saturated rings. The van der Waals surface area contributed by atoms with Crippen molar-refractivity contribution in [1.29, 1.82) is 0 Å². The van der Waals surface area contributed by atoms with Crippen LogP contribution in [0.5, 0.6) is 0 Å². The maximum absolute atomic E-state index is 12.2. The van der Waals surface area contributed by atoms with Crippen molar-refractivity contribution in [1.82, 2.24) is 0 Å². The highest BCUT2D eigenvalue weighted by molar-refractivity contribution is 5.95. The Balaban J connectivity index is 2.97. The summed E-state index contributed by atoms with van der Waals surface area (Å²) in [5.41, 5.74) is 0.989. The predicted octanol–water partition coefficient (Wildman–Crippen LogP) is 3.47. The third kappa shape index (κ3) is 2.84. The molecule has 1 aromatic carbocycles. The number of carbonyl (C=O) groups excluding carboxylic acids is 1. The monoisotopic (exact) mass is 219 g/mol. The highest BCUT2D eigenvalue weighted by Crippen LogP contribution is 2.20. The van der Waals surface area contributed by atoms with Crippen molar-refractivity contribution in [3.05, 3.63) is 30.3 Å². The Morgan fingerprint density at radius 1 is 1.19 bits per heavy atom. The van der Waals surface area contributed by atoms with Crippen LogP contribution < -0.4 is 4.90 Å². The molecule has 0 aliphatic heterocycles. The van der Waals surface area contributed by atoms with Crippen LogP contribution in [-0.4, -0.2) is 11.9 Å². The Labute approximate surface area is 98.3 Å². The summed E-state index contributed by atoms with van der Waals surface area (Å²) in [6, 6.07) is 10.1. The molecule has 0 aliphatic carbocycles. The fraction of sp³-hybridized carbons (Fsp3) is 0.500. The first kappa shape index (κ1) is 12.8. The van der Waals surface area contributed by atoms with Gasteiger partial charge in [0.15, 0.2) is 0 Å². The van der Waals surface area contributed by atoms with Gasteiger partial charge in [0.1, 0.15) is 0 Å². The average Bonchev–Trinajstić information content (AvgIpc) is 2.29. The van der Waals surface area contributed by atoms with E-state index in [2.05, 4.69) is 0 Å². The lowest BCUT2D eigenvalue weighted by molar-refractivity contribution is -0.122. The number of para-hydroxylation sites is 1. The first-order valence-electron chi connectivity index (χ1n) is 5.96. The predicted molar refractivity (Wildman–Crippen MR) is 68.5 cm³/mol. The molecule has 1 unspecified atom stereocenters. The van der Waals surface area contributed by atoms with E-state index < -0.39 is 0 Å². The molecular formula is C14H21NO. The Hall–Kier alpha value is -1.31. The number of nitrogens with zero attached hydrogens (tertiary/aromatic N) is 1. The van der Waals surface area contributed by atoms with Crippen LogP contribution in [0, 0.1) is 5.92 Å². The van der Waals surface area contributed by atoms with Gasteiger partial charge in [-0.25, -0.2) is 0 Å². The molecule has 2 heteroatoms. The van der Waals surface area contributed by atoms with E-state index in [4.69, 9.17) is 0 Å². The fourth-order valence-corrected chi connectivity index (χ4v) is 1.68. The third-order valence-corrected chi connectivity index (χ3v) is 2.82. The van der Waals surface area contributed by atoms with Crippen molar-refractivity contribution in [3.63, 3.8) is 0 Å². The Kier molecular flexibility index (Phi) is 4.53. The maximum Gasteiger partial charge on any atom is 0.230 e. The van der Waals surface area contributed by atoms with Crippen LogP contribution >= 0.6 is 0 Å². The Bertz CT molecular complexity index is 332. The van der Waals surface area contributed by atoms with E-state index in [9.17, 15) is 4.79 Å². The lowest BCUT2D eigenvalue weighted by atomic mass is 10.1. The molecule has 0 saturated carbocycles. The van der Waals surface area contributed by atoms with Gasteiger partial charge >= 0.3 is 0 Å². The number of hydrogen-bond donors (Lipinski definition) is 0. The molecule has 88 valence electrons. The number of rotatable bonds is 4. The first-order valence-corrected chi connectivity index (χ1v) is 5.96. The van der Waals surface area contributed by atoms with E-state index in [0.717, 1.165) is 12.1 Å². The minimum atomic E-state index is 0.0857. The molecule has 2 nitrogen and oxygen atoms in total. The zero-order valence-corrected chi connectivity index (χ0v) is 10.6. The molecule has 1 aromatic rings. The molecule has 0 radical (unpaired) electrons. The van der Waals surface area contributed by atoms with Gasteiger partial charge in [0.05, 0.1) is 0 Å². The van der Waals surface area contributed by atoms with E-state index in [0.29, 0.717) is 0 Å². The summed E-state index contributed by atoms with van der Waals surface area (Å²) in [6.45, 7) is 8.13. The summed E-state index contributed by atoms with van der Waals surface area (Å²) < 4.78 is 0. The van der Waals surface area contributed by atoms with E-state index >= 15 is 0 Å². The second kappa shape index (κ2) is 5.69. The van der Waals surface area contributed by atoms with Crippen molar-refractivity contribution in [2.45, 2.75) is 40.2 Å². The van der Waals surface area contributed by atoms with Gasteiger partial charge < -0.3 is 4.90 Å². The van der Waals surface area contributed by atoms with Crippen LogP contribution in [-0.2, 0) is 4.79 Å². The number of amides is 1. The van der Waals surface area contributed by atoms with Crippen LogP contribution in [0.3, 0.4) is 0 Å². The van der Waals surface area contributed by atoms with Crippen molar-refractivity contribution in [2.24, 2.45) is 5.92 Å². The minimum Gasteiger partial charge on any atom is -0.310 e. The van der Waals surface area contributed by atoms with Gasteiger partial charge in [-0.2, -0.15) is 0 Å². The molecular weight excluding hydrogens is 198 g/mol. The summed E-state index contributed by atoms with van der Waals surface area (Å²) in [6.07, 6.45) is 0.884. The first-order chi connectivity index (χ1) is 7.57. The van der Waals surface area contributed by atoms with Gasteiger partial charge in [-0.05, 0) is 32.4 Å². The van der Waals surface area contributed by atoms with Crippen molar-refractivity contribution < 1.29 is 4.79 Å². The highest BCUT2D eigenvalue weighted by Gasteiger charge is 2.22. The fourth-order valence-electron chi connectivity index (χ4n) is 1.68. The van der Waals surface area contributed by atoms with Gasteiger partial charge in [0.2, 0.25) is 5.91 Å². The lowest BCUT2D eigenvalue weighted by Crippen LogP contribution is -2.40. The van der Waals surface area contributed by atoms with E-state index in [-0.39, 0.29) is 17.9 Å². The van der Waals surface area contributed by atoms with Gasteiger partial charge in [0, 0.05) is 17.6 Å². The standard InChI is InChI=1S/C14H21NO/c1-5-12(4)14(16)15(11(2)3)13-9-7-6-8-10-13/h6-12H,5H2,1-4H3. The zero-order valence-electron chi connectivity index (χ0n) is 10.6. The summed E-state index contributed by atoms with van der Waals surface area (Å²) >= 11 is 0. The Morgan fingerprint density at radius 2 is 1.75 bits per heavy atom. The quantitative estimate of drug-likeness (QED) is 0.759. The molecule has 0 bridgehead atoms. The molecule has 0 spiro atoms. The number of benzene rings is 1. The number of carbonyl (C=O) groups is 1. The molecule has 0 saturated heterocycles. The number of hydrogen-bond acceptors (Lipinski definition) is 1. The summed E-state index contributed by atoms with van der Waals surface area (Å²) in [7, 11) is 0. The van der Waals surface area contributed by atoms with Crippen LogP contribution in [0.1, 0.15) is 34.1 Å². The smallest absolute Gasteiger partial charge is 0.230 e. The van der Waals surface area contributed by atoms with Crippen LogP contribution in [0.2, 0.25) is 0 Å². The van der Waals surface area contributed by atoms with Crippen LogP contribution in [0.4, 0.5) is 5.69 Å². The SMILES string of the molecule is CCC(C)C(=O)N(c1ccccc1)C(C)C. The minimum absolute atomic E-state index is 0.0857. The van der Waals surface area contributed by atoms with Crippen molar-refractivity contribution in [3.8, 4) is 0 Å². The lowest BCUT2D eigenvalue weighted by Gasteiger charge is -2.29. The topological polar surface area (TPSA) is 20.3 Å².